The van der Waals surface area contributed by atoms with Crippen LogP contribution in [-0.4, -0.2) is 4.57 Å². The fraction of sp³-hybridized carbons (Fsp3) is 0.0323. The molecule has 1 atom stereocenters. The van der Waals surface area contributed by atoms with Gasteiger partial charge in [-0.1, -0.05) is 127 Å². The molecule has 0 radical (unpaired) electrons. The molecule has 0 amide bonds. The Morgan fingerprint density at radius 1 is 0.394 bits per heavy atom. The fourth-order valence-corrected chi connectivity index (χ4v) is 13.0. The molecule has 1 unspecified atom stereocenters. The minimum Gasteiger partial charge on any atom is -0.456 e. The first-order valence-corrected chi connectivity index (χ1v) is 23.6. The van der Waals surface area contributed by atoms with Crippen molar-refractivity contribution >= 4 is 92.3 Å². The summed E-state index contributed by atoms with van der Waals surface area (Å²) in [6.45, 7) is 2.46. The molecule has 4 heterocycles. The van der Waals surface area contributed by atoms with Crippen LogP contribution in [0.1, 0.15) is 23.6 Å². The molecule has 2 aliphatic rings. The lowest BCUT2D eigenvalue weighted by Gasteiger charge is -2.43. The highest BCUT2D eigenvalue weighted by atomic mass is 32.1. The van der Waals surface area contributed by atoms with Crippen molar-refractivity contribution in [1.82, 2.24) is 4.57 Å². The van der Waals surface area contributed by atoms with Crippen LogP contribution in [0.15, 0.2) is 217 Å². The number of nitrogens with zero attached hydrogens (tertiary/aromatic N) is 2. The van der Waals surface area contributed by atoms with Gasteiger partial charge in [-0.2, -0.15) is 0 Å². The van der Waals surface area contributed by atoms with Crippen LogP contribution in [0.5, 0.6) is 0 Å². The minimum absolute atomic E-state index is 0.423. The second-order valence-electron chi connectivity index (χ2n) is 18.1. The molecule has 0 spiro atoms. The molecule has 4 heteroatoms. The van der Waals surface area contributed by atoms with Crippen LogP contribution in [0.2, 0.25) is 0 Å². The maximum absolute atomic E-state index is 6.59. The third kappa shape index (κ3) is 4.81. The van der Waals surface area contributed by atoms with Gasteiger partial charge in [-0.3, -0.25) is 0 Å². The van der Waals surface area contributed by atoms with Crippen molar-refractivity contribution in [3.05, 3.63) is 229 Å². The monoisotopic (exact) mass is 858 g/mol. The first-order chi connectivity index (χ1) is 32.6. The summed E-state index contributed by atoms with van der Waals surface area (Å²) >= 11 is 1.86. The van der Waals surface area contributed by atoms with E-state index in [2.05, 4.69) is 223 Å². The summed E-state index contributed by atoms with van der Waals surface area (Å²) in [5.41, 5.74) is 19.8. The standard InChI is InChI=1S/C62H38N2OS/c1-62-51-21-9-5-16-43(51)50-33-39(38-26-30-53-48(32-38)44-17-6-10-22-52(44)63(53)40-28-31-59-49(35-40)47-19-8-12-25-58(47)66-59)34-55(61(50)62)64(54-23-13-20-42(60(54)62)37-14-3-2-4-15-37)41-27-29-46-45-18-7-11-24-56(45)65-57(46)36-41/h2-36H,1H3. The number of para-hydroxylation sites is 2. The van der Waals surface area contributed by atoms with Crippen molar-refractivity contribution < 1.29 is 4.42 Å². The van der Waals surface area contributed by atoms with Gasteiger partial charge in [0, 0.05) is 64.6 Å². The van der Waals surface area contributed by atoms with E-state index in [-0.39, 0.29) is 0 Å². The topological polar surface area (TPSA) is 21.3 Å². The minimum atomic E-state index is -0.423. The molecule has 3 nitrogen and oxygen atoms in total. The number of aromatic nitrogens is 1. The molecular formula is C62H38N2OS. The van der Waals surface area contributed by atoms with Gasteiger partial charge in [0.25, 0.3) is 0 Å². The first kappa shape index (κ1) is 36.2. The number of hydrogen-bond acceptors (Lipinski definition) is 3. The van der Waals surface area contributed by atoms with Crippen molar-refractivity contribution in [2.75, 3.05) is 4.90 Å². The van der Waals surface area contributed by atoms with Crippen molar-refractivity contribution in [2.45, 2.75) is 12.3 Å². The number of furan rings is 1. The van der Waals surface area contributed by atoms with E-state index in [4.69, 9.17) is 4.42 Å². The third-order valence-corrected chi connectivity index (χ3v) is 15.9. The van der Waals surface area contributed by atoms with Gasteiger partial charge in [0.05, 0.1) is 22.4 Å². The zero-order valence-electron chi connectivity index (χ0n) is 35.9. The Bertz CT molecular complexity index is 4210. The largest absolute Gasteiger partial charge is 0.456 e. The molecule has 0 saturated heterocycles. The van der Waals surface area contributed by atoms with Gasteiger partial charge >= 0.3 is 0 Å². The van der Waals surface area contributed by atoms with Crippen LogP contribution in [0.4, 0.5) is 17.1 Å². The highest BCUT2D eigenvalue weighted by Crippen LogP contribution is 2.64. The molecule has 0 saturated carbocycles. The molecule has 0 fully saturated rings. The quantitative estimate of drug-likeness (QED) is 0.176. The van der Waals surface area contributed by atoms with Gasteiger partial charge in [0.2, 0.25) is 0 Å². The summed E-state index contributed by atoms with van der Waals surface area (Å²) in [6.07, 6.45) is 0. The zero-order chi connectivity index (χ0) is 43.3. The normalized spacial score (nSPS) is 15.1. The molecule has 308 valence electrons. The summed E-state index contributed by atoms with van der Waals surface area (Å²) in [5, 5.41) is 7.35. The lowest BCUT2D eigenvalue weighted by molar-refractivity contribution is 0.669. The number of hydrogen-bond donors (Lipinski definition) is 0. The Labute approximate surface area is 384 Å². The number of benzene rings is 10. The molecule has 15 rings (SSSR count). The number of rotatable bonds is 4. The average molecular weight is 859 g/mol. The fourth-order valence-electron chi connectivity index (χ4n) is 11.9. The highest BCUT2D eigenvalue weighted by molar-refractivity contribution is 7.25. The maximum atomic E-state index is 6.59. The van der Waals surface area contributed by atoms with Crippen molar-refractivity contribution in [1.29, 1.82) is 0 Å². The van der Waals surface area contributed by atoms with E-state index in [0.717, 1.165) is 27.6 Å². The first-order valence-electron chi connectivity index (χ1n) is 22.7. The molecular weight excluding hydrogens is 821 g/mol. The average Bonchev–Trinajstić information content (AvgIpc) is 4.11. The van der Waals surface area contributed by atoms with E-state index in [9.17, 15) is 0 Å². The van der Waals surface area contributed by atoms with Crippen LogP contribution in [0, 0.1) is 0 Å². The van der Waals surface area contributed by atoms with E-state index in [1.165, 1.54) is 109 Å². The predicted octanol–water partition coefficient (Wildman–Crippen LogP) is 17.5. The van der Waals surface area contributed by atoms with Crippen molar-refractivity contribution in [3.63, 3.8) is 0 Å². The van der Waals surface area contributed by atoms with E-state index in [1.807, 2.05) is 17.4 Å². The van der Waals surface area contributed by atoms with E-state index >= 15 is 0 Å². The number of fused-ring (bicyclic) bond motifs is 14. The van der Waals surface area contributed by atoms with Gasteiger partial charge < -0.3 is 13.9 Å². The summed E-state index contributed by atoms with van der Waals surface area (Å²) in [6, 6.07) is 78.6. The van der Waals surface area contributed by atoms with Crippen LogP contribution >= 0.6 is 11.3 Å². The van der Waals surface area contributed by atoms with E-state index in [0.29, 0.717) is 0 Å². The maximum Gasteiger partial charge on any atom is 0.137 e. The van der Waals surface area contributed by atoms with Gasteiger partial charge in [0.15, 0.2) is 0 Å². The lowest BCUT2D eigenvalue weighted by Crippen LogP contribution is -2.33. The molecule has 66 heavy (non-hydrogen) atoms. The number of thiophene rings is 1. The van der Waals surface area contributed by atoms with Crippen LogP contribution in [0.25, 0.3) is 103 Å². The van der Waals surface area contributed by atoms with Crippen LogP contribution < -0.4 is 4.90 Å². The summed E-state index contributed by atoms with van der Waals surface area (Å²) in [4.78, 5) is 2.51. The third-order valence-electron chi connectivity index (χ3n) is 14.7. The molecule has 1 aliphatic carbocycles. The molecule has 13 aromatic rings. The second kappa shape index (κ2) is 13.2. The summed E-state index contributed by atoms with van der Waals surface area (Å²) in [5.74, 6) is 0. The van der Waals surface area contributed by atoms with Crippen LogP contribution in [0.3, 0.4) is 0 Å². The van der Waals surface area contributed by atoms with Gasteiger partial charge in [-0.15, -0.1) is 11.3 Å². The molecule has 0 N–H and O–H groups in total. The van der Waals surface area contributed by atoms with Gasteiger partial charge in [0.1, 0.15) is 11.2 Å². The Balaban J connectivity index is 0.987. The summed E-state index contributed by atoms with van der Waals surface area (Å²) < 4.78 is 11.7. The Morgan fingerprint density at radius 3 is 2.03 bits per heavy atom. The van der Waals surface area contributed by atoms with Gasteiger partial charge in [-0.25, -0.2) is 0 Å². The SMILES string of the molecule is CC12c3ccccc3-c3cc(-c4ccc5c(c4)c4ccccc4n5-c4ccc5sc6ccccc6c5c4)cc(c31)N(c1ccc3c(c1)oc1ccccc13)c1cccc(-c3ccccc3)c12. The Kier molecular flexibility index (Phi) is 7.24. The van der Waals surface area contributed by atoms with Crippen LogP contribution in [-0.2, 0) is 5.41 Å². The molecule has 10 aromatic carbocycles. The molecule has 0 bridgehead atoms. The zero-order valence-corrected chi connectivity index (χ0v) is 36.7. The second-order valence-corrected chi connectivity index (χ2v) is 19.2. The smallest absolute Gasteiger partial charge is 0.137 e. The molecule has 1 aliphatic heterocycles. The van der Waals surface area contributed by atoms with Gasteiger partial charge in [-0.05, 0) is 136 Å². The number of anilines is 3. The van der Waals surface area contributed by atoms with Crippen molar-refractivity contribution in [2.24, 2.45) is 0 Å². The molecule has 3 aromatic heterocycles. The lowest BCUT2D eigenvalue weighted by atomic mass is 9.68. The summed E-state index contributed by atoms with van der Waals surface area (Å²) in [7, 11) is 0. The van der Waals surface area contributed by atoms with E-state index < -0.39 is 5.41 Å². The van der Waals surface area contributed by atoms with E-state index in [1.54, 1.807) is 0 Å². The highest BCUT2D eigenvalue weighted by Gasteiger charge is 2.50. The Morgan fingerprint density at radius 2 is 1.11 bits per heavy atom. The van der Waals surface area contributed by atoms with Crippen molar-refractivity contribution in [3.8, 4) is 39.1 Å². The Hall–Kier alpha value is -8.18. The predicted molar refractivity (Wildman–Crippen MR) is 277 cm³/mol.